The summed E-state index contributed by atoms with van der Waals surface area (Å²) in [5, 5.41) is 3.38. The highest BCUT2D eigenvalue weighted by molar-refractivity contribution is 5.92. The van der Waals surface area contributed by atoms with E-state index in [1.165, 1.54) is 0 Å². The molecule has 1 amide bonds. The van der Waals surface area contributed by atoms with Crippen LogP contribution in [0.25, 0.3) is 10.9 Å². The van der Waals surface area contributed by atoms with E-state index in [-0.39, 0.29) is 17.9 Å². The smallest absolute Gasteiger partial charge is 0.258 e. The number of para-hydroxylation sites is 1. The van der Waals surface area contributed by atoms with Gasteiger partial charge in [-0.1, -0.05) is 12.1 Å². The van der Waals surface area contributed by atoms with Crippen LogP contribution < -0.4 is 20.3 Å². The Morgan fingerprint density at radius 3 is 2.68 bits per heavy atom. The topological polar surface area (TPSA) is 93.3 Å². The molecule has 0 saturated heterocycles. The molecule has 2 N–H and O–H groups in total. The molecule has 2 aromatic carbocycles. The summed E-state index contributed by atoms with van der Waals surface area (Å²) < 4.78 is 11.1. The molecule has 0 aliphatic heterocycles. The van der Waals surface area contributed by atoms with Crippen LogP contribution >= 0.6 is 0 Å². The standard InChI is InChI=1S/C21H23N3O4/c1-3-27-14-9-10-18(28-4-2)17(13-14)23-20(25)12-11-19-22-16-8-6-5-7-15(16)21(26)24-19/h5-10,13H,3-4,11-12H2,1-2H3,(H,23,25)(H,22,24,26). The highest BCUT2D eigenvalue weighted by Crippen LogP contribution is 2.29. The first-order chi connectivity index (χ1) is 13.6. The van der Waals surface area contributed by atoms with E-state index in [2.05, 4.69) is 15.3 Å². The Morgan fingerprint density at radius 1 is 1.11 bits per heavy atom. The molecule has 0 unspecified atom stereocenters. The summed E-state index contributed by atoms with van der Waals surface area (Å²) in [7, 11) is 0. The Balaban J connectivity index is 1.70. The van der Waals surface area contributed by atoms with Crippen molar-refractivity contribution in [2.24, 2.45) is 0 Å². The lowest BCUT2D eigenvalue weighted by atomic mass is 10.2. The molecule has 28 heavy (non-hydrogen) atoms. The number of ether oxygens (including phenoxy) is 2. The molecule has 0 saturated carbocycles. The second kappa shape index (κ2) is 9.03. The molecule has 0 spiro atoms. The van der Waals surface area contributed by atoms with Crippen LogP contribution in [0.3, 0.4) is 0 Å². The largest absolute Gasteiger partial charge is 0.494 e. The number of carbonyl (C=O) groups excluding carboxylic acids is 1. The van der Waals surface area contributed by atoms with Crippen molar-refractivity contribution >= 4 is 22.5 Å². The molecule has 1 aromatic heterocycles. The third kappa shape index (κ3) is 4.68. The van der Waals surface area contributed by atoms with Gasteiger partial charge in [-0.05, 0) is 38.1 Å². The van der Waals surface area contributed by atoms with Gasteiger partial charge < -0.3 is 19.8 Å². The molecule has 0 bridgehead atoms. The first kappa shape index (κ1) is 19.4. The monoisotopic (exact) mass is 381 g/mol. The molecule has 7 heteroatoms. The van der Waals surface area contributed by atoms with Gasteiger partial charge >= 0.3 is 0 Å². The van der Waals surface area contributed by atoms with Gasteiger partial charge in [-0.15, -0.1) is 0 Å². The number of carbonyl (C=O) groups is 1. The Hall–Kier alpha value is -3.35. The maximum Gasteiger partial charge on any atom is 0.258 e. The number of rotatable bonds is 8. The molecule has 0 aliphatic rings. The van der Waals surface area contributed by atoms with Crippen LogP contribution in [0.15, 0.2) is 47.3 Å². The fourth-order valence-corrected chi connectivity index (χ4v) is 2.84. The third-order valence-electron chi connectivity index (χ3n) is 4.09. The maximum atomic E-state index is 12.4. The number of nitrogens with zero attached hydrogens (tertiary/aromatic N) is 1. The average Bonchev–Trinajstić information content (AvgIpc) is 2.69. The van der Waals surface area contributed by atoms with E-state index in [4.69, 9.17) is 9.47 Å². The van der Waals surface area contributed by atoms with E-state index in [1.54, 1.807) is 36.4 Å². The Bertz CT molecular complexity index is 1030. The Morgan fingerprint density at radius 2 is 1.89 bits per heavy atom. The summed E-state index contributed by atoms with van der Waals surface area (Å²) >= 11 is 0. The first-order valence-corrected chi connectivity index (χ1v) is 9.28. The van der Waals surface area contributed by atoms with Crippen LogP contribution in [0, 0.1) is 0 Å². The van der Waals surface area contributed by atoms with Gasteiger partial charge in [0.2, 0.25) is 5.91 Å². The molecule has 1 heterocycles. The van der Waals surface area contributed by atoms with Gasteiger partial charge in [0, 0.05) is 18.9 Å². The minimum Gasteiger partial charge on any atom is -0.494 e. The van der Waals surface area contributed by atoms with Gasteiger partial charge in [-0.3, -0.25) is 9.59 Å². The fraction of sp³-hybridized carbons (Fsp3) is 0.286. The van der Waals surface area contributed by atoms with Gasteiger partial charge in [0.1, 0.15) is 17.3 Å². The Labute approximate surface area is 162 Å². The van der Waals surface area contributed by atoms with Crippen LogP contribution in [0.4, 0.5) is 5.69 Å². The number of benzene rings is 2. The molecule has 0 fully saturated rings. The van der Waals surface area contributed by atoms with E-state index in [0.717, 1.165) is 0 Å². The third-order valence-corrected chi connectivity index (χ3v) is 4.09. The number of hydrogen-bond acceptors (Lipinski definition) is 5. The molecule has 3 aromatic rings. The molecular formula is C21H23N3O4. The van der Waals surface area contributed by atoms with Crippen molar-refractivity contribution in [2.75, 3.05) is 18.5 Å². The molecule has 0 radical (unpaired) electrons. The van der Waals surface area contributed by atoms with Crippen LogP contribution in [-0.4, -0.2) is 29.1 Å². The summed E-state index contributed by atoms with van der Waals surface area (Å²) in [5.74, 6) is 1.51. The lowest BCUT2D eigenvalue weighted by Gasteiger charge is -2.13. The van der Waals surface area contributed by atoms with Crippen LogP contribution in [0.5, 0.6) is 11.5 Å². The number of H-pyrrole nitrogens is 1. The maximum absolute atomic E-state index is 12.4. The first-order valence-electron chi connectivity index (χ1n) is 9.28. The predicted molar refractivity (Wildman–Crippen MR) is 108 cm³/mol. The zero-order chi connectivity index (χ0) is 19.9. The molecule has 7 nitrogen and oxygen atoms in total. The number of aryl methyl sites for hydroxylation is 1. The molecule has 0 atom stereocenters. The van der Waals surface area contributed by atoms with Crippen LogP contribution in [0.1, 0.15) is 26.1 Å². The van der Waals surface area contributed by atoms with E-state index < -0.39 is 0 Å². The van der Waals surface area contributed by atoms with Crippen molar-refractivity contribution in [3.05, 3.63) is 58.6 Å². The number of fused-ring (bicyclic) bond motifs is 1. The highest BCUT2D eigenvalue weighted by atomic mass is 16.5. The van der Waals surface area contributed by atoms with Crippen molar-refractivity contribution in [3.63, 3.8) is 0 Å². The van der Waals surface area contributed by atoms with E-state index in [1.807, 2.05) is 19.9 Å². The van der Waals surface area contributed by atoms with Crippen molar-refractivity contribution in [3.8, 4) is 11.5 Å². The molecule has 146 valence electrons. The van der Waals surface area contributed by atoms with Crippen molar-refractivity contribution in [2.45, 2.75) is 26.7 Å². The average molecular weight is 381 g/mol. The van der Waals surface area contributed by atoms with Crippen molar-refractivity contribution < 1.29 is 14.3 Å². The van der Waals surface area contributed by atoms with E-state index in [0.29, 0.717) is 53.5 Å². The summed E-state index contributed by atoms with van der Waals surface area (Å²) in [4.78, 5) is 31.7. The summed E-state index contributed by atoms with van der Waals surface area (Å²) in [6.45, 7) is 4.79. The van der Waals surface area contributed by atoms with E-state index >= 15 is 0 Å². The quantitative estimate of drug-likeness (QED) is 0.624. The summed E-state index contributed by atoms with van der Waals surface area (Å²) in [5.41, 5.74) is 0.964. The SMILES string of the molecule is CCOc1ccc(OCC)c(NC(=O)CCc2nc3ccccc3c(=O)[nH]2)c1. The summed E-state index contributed by atoms with van der Waals surface area (Å²) in [6, 6.07) is 12.4. The number of aromatic amines is 1. The number of hydrogen-bond donors (Lipinski definition) is 2. The highest BCUT2D eigenvalue weighted by Gasteiger charge is 2.11. The number of anilines is 1. The number of aromatic nitrogens is 2. The lowest BCUT2D eigenvalue weighted by molar-refractivity contribution is -0.116. The molecular weight excluding hydrogens is 358 g/mol. The number of amides is 1. The zero-order valence-corrected chi connectivity index (χ0v) is 16.0. The molecule has 0 aliphatic carbocycles. The van der Waals surface area contributed by atoms with Gasteiger partial charge in [-0.2, -0.15) is 0 Å². The minimum absolute atomic E-state index is 0.172. The van der Waals surface area contributed by atoms with Gasteiger partial charge in [-0.25, -0.2) is 4.98 Å². The number of nitrogens with one attached hydrogen (secondary N) is 2. The van der Waals surface area contributed by atoms with Crippen molar-refractivity contribution in [1.29, 1.82) is 0 Å². The minimum atomic E-state index is -0.205. The van der Waals surface area contributed by atoms with Gasteiger partial charge in [0.25, 0.3) is 5.56 Å². The second-order valence-electron chi connectivity index (χ2n) is 6.10. The van der Waals surface area contributed by atoms with Crippen LogP contribution in [-0.2, 0) is 11.2 Å². The summed E-state index contributed by atoms with van der Waals surface area (Å²) in [6.07, 6.45) is 0.493. The normalized spacial score (nSPS) is 10.6. The van der Waals surface area contributed by atoms with Crippen LogP contribution in [0.2, 0.25) is 0 Å². The Kier molecular flexibility index (Phi) is 6.26. The van der Waals surface area contributed by atoms with Crippen molar-refractivity contribution in [1.82, 2.24) is 9.97 Å². The predicted octanol–water partition coefficient (Wildman–Crippen LogP) is 3.29. The fourth-order valence-electron chi connectivity index (χ4n) is 2.84. The molecule has 3 rings (SSSR count). The van der Waals surface area contributed by atoms with E-state index in [9.17, 15) is 9.59 Å². The zero-order valence-electron chi connectivity index (χ0n) is 16.0. The van der Waals surface area contributed by atoms with Gasteiger partial charge in [0.05, 0.1) is 29.8 Å². The lowest BCUT2D eigenvalue weighted by Crippen LogP contribution is -2.16. The second-order valence-corrected chi connectivity index (χ2v) is 6.10. The van der Waals surface area contributed by atoms with Gasteiger partial charge in [0.15, 0.2) is 0 Å².